The van der Waals surface area contributed by atoms with E-state index in [4.69, 9.17) is 9.47 Å². The van der Waals surface area contributed by atoms with Gasteiger partial charge in [0.2, 0.25) is 11.9 Å². The van der Waals surface area contributed by atoms with Gasteiger partial charge in [0.25, 0.3) is 0 Å². The van der Waals surface area contributed by atoms with Crippen molar-refractivity contribution in [1.82, 2.24) is 15.0 Å². The molecule has 7 heteroatoms. The summed E-state index contributed by atoms with van der Waals surface area (Å²) >= 11 is 0. The van der Waals surface area contributed by atoms with E-state index < -0.39 is 0 Å². The third-order valence-corrected chi connectivity index (χ3v) is 2.60. The summed E-state index contributed by atoms with van der Waals surface area (Å²) in [7, 11) is 3.44. The van der Waals surface area contributed by atoms with Crippen LogP contribution < -0.4 is 15.0 Å². The van der Waals surface area contributed by atoms with Gasteiger partial charge in [0.1, 0.15) is 0 Å². The second-order valence-corrected chi connectivity index (χ2v) is 3.86. The van der Waals surface area contributed by atoms with Crippen LogP contribution in [0.4, 0.5) is 11.9 Å². The Balaban J connectivity index is 2.77. The average molecular weight is 269 g/mol. The SMILES string of the molecule is CCN(CC)c1nc(NC)nc(OCCCOC)n1. The fourth-order valence-electron chi connectivity index (χ4n) is 1.54. The second-order valence-electron chi connectivity index (χ2n) is 3.86. The molecule has 19 heavy (non-hydrogen) atoms. The van der Waals surface area contributed by atoms with Crippen molar-refractivity contribution >= 4 is 11.9 Å². The molecule has 1 aromatic heterocycles. The van der Waals surface area contributed by atoms with Gasteiger partial charge < -0.3 is 19.7 Å². The zero-order valence-corrected chi connectivity index (χ0v) is 12.1. The third kappa shape index (κ3) is 4.86. The highest BCUT2D eigenvalue weighted by atomic mass is 16.5. The van der Waals surface area contributed by atoms with E-state index in [1.165, 1.54) is 0 Å². The highest BCUT2D eigenvalue weighted by molar-refractivity contribution is 5.37. The Hall–Kier alpha value is -1.63. The number of hydrogen-bond acceptors (Lipinski definition) is 7. The van der Waals surface area contributed by atoms with Crippen molar-refractivity contribution in [3.63, 3.8) is 0 Å². The van der Waals surface area contributed by atoms with Gasteiger partial charge in [-0.15, -0.1) is 0 Å². The second kappa shape index (κ2) is 8.47. The van der Waals surface area contributed by atoms with Crippen molar-refractivity contribution in [2.24, 2.45) is 0 Å². The monoisotopic (exact) mass is 269 g/mol. The number of aromatic nitrogens is 3. The van der Waals surface area contributed by atoms with Gasteiger partial charge in [-0.2, -0.15) is 15.0 Å². The zero-order valence-electron chi connectivity index (χ0n) is 12.1. The molecule has 0 atom stereocenters. The maximum Gasteiger partial charge on any atom is 0.323 e. The van der Waals surface area contributed by atoms with Gasteiger partial charge in [0, 0.05) is 40.3 Å². The fourth-order valence-corrected chi connectivity index (χ4v) is 1.54. The Morgan fingerprint density at radius 2 is 1.84 bits per heavy atom. The van der Waals surface area contributed by atoms with Gasteiger partial charge in [-0.25, -0.2) is 0 Å². The van der Waals surface area contributed by atoms with Crippen molar-refractivity contribution < 1.29 is 9.47 Å². The lowest BCUT2D eigenvalue weighted by Crippen LogP contribution is -2.25. The fraction of sp³-hybridized carbons (Fsp3) is 0.750. The van der Waals surface area contributed by atoms with Gasteiger partial charge in [0.05, 0.1) is 6.61 Å². The normalized spacial score (nSPS) is 10.3. The lowest BCUT2D eigenvalue weighted by Gasteiger charge is -2.19. The number of hydrogen-bond donors (Lipinski definition) is 1. The van der Waals surface area contributed by atoms with E-state index in [0.29, 0.717) is 31.1 Å². The Morgan fingerprint density at radius 1 is 1.11 bits per heavy atom. The van der Waals surface area contributed by atoms with Crippen molar-refractivity contribution in [2.75, 3.05) is 50.7 Å². The minimum atomic E-state index is 0.345. The maximum atomic E-state index is 5.52. The predicted molar refractivity (Wildman–Crippen MR) is 74.9 cm³/mol. The summed E-state index contributed by atoms with van der Waals surface area (Å²) in [5, 5.41) is 2.92. The molecule has 0 unspecified atom stereocenters. The molecule has 0 aliphatic rings. The quantitative estimate of drug-likeness (QED) is 0.675. The van der Waals surface area contributed by atoms with Crippen molar-refractivity contribution in [3.05, 3.63) is 0 Å². The summed E-state index contributed by atoms with van der Waals surface area (Å²) in [6.07, 6.45) is 0.803. The average Bonchev–Trinajstić information content (AvgIpc) is 2.45. The van der Waals surface area contributed by atoms with E-state index in [1.54, 1.807) is 14.2 Å². The maximum absolute atomic E-state index is 5.52. The summed E-state index contributed by atoms with van der Waals surface area (Å²) in [5.74, 6) is 1.14. The van der Waals surface area contributed by atoms with Gasteiger partial charge in [0.15, 0.2) is 0 Å². The number of rotatable bonds is 9. The molecular weight excluding hydrogens is 246 g/mol. The van der Waals surface area contributed by atoms with E-state index in [0.717, 1.165) is 19.5 Å². The molecule has 0 saturated heterocycles. The molecule has 0 aliphatic carbocycles. The van der Waals surface area contributed by atoms with Crippen LogP contribution in [0.25, 0.3) is 0 Å². The third-order valence-electron chi connectivity index (χ3n) is 2.60. The Labute approximate surface area is 114 Å². The van der Waals surface area contributed by atoms with E-state index in [-0.39, 0.29) is 0 Å². The van der Waals surface area contributed by atoms with Crippen LogP contribution in [0.1, 0.15) is 20.3 Å². The molecule has 0 spiro atoms. The topological polar surface area (TPSA) is 72.4 Å². The molecule has 0 fully saturated rings. The first-order valence-electron chi connectivity index (χ1n) is 6.55. The van der Waals surface area contributed by atoms with Crippen molar-refractivity contribution in [1.29, 1.82) is 0 Å². The Kier molecular flexibility index (Phi) is 6.88. The molecule has 1 N–H and O–H groups in total. The molecular formula is C12H23N5O2. The first kappa shape index (κ1) is 15.4. The van der Waals surface area contributed by atoms with Crippen LogP contribution in [-0.2, 0) is 4.74 Å². The van der Waals surface area contributed by atoms with Gasteiger partial charge >= 0.3 is 6.01 Å². The van der Waals surface area contributed by atoms with Crippen LogP contribution in [0, 0.1) is 0 Å². The highest BCUT2D eigenvalue weighted by Crippen LogP contribution is 2.14. The van der Waals surface area contributed by atoms with E-state index >= 15 is 0 Å². The first-order valence-corrected chi connectivity index (χ1v) is 6.55. The van der Waals surface area contributed by atoms with Crippen molar-refractivity contribution in [3.8, 4) is 6.01 Å². The molecule has 7 nitrogen and oxygen atoms in total. The largest absolute Gasteiger partial charge is 0.463 e. The van der Waals surface area contributed by atoms with Crippen LogP contribution in [0.5, 0.6) is 6.01 Å². The van der Waals surface area contributed by atoms with Crippen LogP contribution in [-0.4, -0.2) is 55.4 Å². The molecule has 0 saturated carbocycles. The molecule has 108 valence electrons. The highest BCUT2D eigenvalue weighted by Gasteiger charge is 2.11. The number of nitrogens with one attached hydrogen (secondary N) is 1. The first-order chi connectivity index (χ1) is 9.24. The van der Waals surface area contributed by atoms with Crippen LogP contribution in [0.15, 0.2) is 0 Å². The summed E-state index contributed by atoms with van der Waals surface area (Å²) in [5.41, 5.74) is 0. The molecule has 0 amide bonds. The summed E-state index contributed by atoms with van der Waals surface area (Å²) in [6, 6.07) is 0.345. The number of anilines is 2. The summed E-state index contributed by atoms with van der Waals surface area (Å²) < 4.78 is 10.5. The number of methoxy groups -OCH3 is 1. The van der Waals surface area contributed by atoms with Gasteiger partial charge in [-0.3, -0.25) is 0 Å². The lowest BCUT2D eigenvalue weighted by atomic mass is 10.5. The van der Waals surface area contributed by atoms with Gasteiger partial charge in [-0.1, -0.05) is 0 Å². The van der Waals surface area contributed by atoms with E-state index in [2.05, 4.69) is 34.1 Å². The molecule has 0 bridgehead atoms. The minimum absolute atomic E-state index is 0.345. The molecule has 1 rings (SSSR count). The van der Waals surface area contributed by atoms with Crippen molar-refractivity contribution in [2.45, 2.75) is 20.3 Å². The molecule has 0 aliphatic heterocycles. The minimum Gasteiger partial charge on any atom is -0.463 e. The molecule has 0 aromatic carbocycles. The predicted octanol–water partition coefficient (Wildman–Crippen LogP) is 1.17. The molecule has 1 aromatic rings. The summed E-state index contributed by atoms with van der Waals surface area (Å²) in [6.45, 7) is 6.99. The van der Waals surface area contributed by atoms with E-state index in [9.17, 15) is 0 Å². The Bertz CT molecular complexity index is 371. The van der Waals surface area contributed by atoms with Crippen LogP contribution in [0.3, 0.4) is 0 Å². The zero-order chi connectivity index (χ0) is 14.1. The number of nitrogens with zero attached hydrogens (tertiary/aromatic N) is 4. The van der Waals surface area contributed by atoms with E-state index in [1.807, 2.05) is 4.90 Å². The number of ether oxygens (including phenoxy) is 2. The standard InChI is InChI=1S/C12H23N5O2/c1-5-17(6-2)11-14-10(13-3)15-12(16-11)19-9-7-8-18-4/h5-9H2,1-4H3,(H,13,14,15,16). The van der Waals surface area contributed by atoms with Crippen LogP contribution >= 0.6 is 0 Å². The molecule has 0 radical (unpaired) electrons. The molecule has 1 heterocycles. The summed E-state index contributed by atoms with van der Waals surface area (Å²) in [4.78, 5) is 14.9. The van der Waals surface area contributed by atoms with Crippen LogP contribution in [0.2, 0.25) is 0 Å². The smallest absolute Gasteiger partial charge is 0.323 e. The lowest BCUT2D eigenvalue weighted by molar-refractivity contribution is 0.168. The van der Waals surface area contributed by atoms with Gasteiger partial charge in [-0.05, 0) is 13.8 Å². The Morgan fingerprint density at radius 3 is 2.42 bits per heavy atom.